The predicted octanol–water partition coefficient (Wildman–Crippen LogP) is 10.6. The quantitative estimate of drug-likeness (QED) is 0.0375. The molecule has 5 atom stereocenters. The van der Waals surface area contributed by atoms with Crippen molar-refractivity contribution in [3.05, 3.63) is 37.5 Å². The monoisotopic (exact) mass is 772 g/mol. The molecule has 310 valence electrons. The van der Waals surface area contributed by atoms with Gasteiger partial charge >= 0.3 is 7.82 Å². The van der Waals surface area contributed by atoms with Crippen LogP contribution < -0.4 is 5.32 Å². The zero-order valence-corrected chi connectivity index (χ0v) is 35.0. The second-order valence-electron chi connectivity index (χ2n) is 14.2. The summed E-state index contributed by atoms with van der Waals surface area (Å²) in [6.07, 6.45) is 28.9. The first-order valence-corrected chi connectivity index (χ1v) is 22.3. The number of hydrogen-bond acceptors (Lipinski definition) is 9. The summed E-state index contributed by atoms with van der Waals surface area (Å²) in [5.41, 5.74) is 0. The van der Waals surface area contributed by atoms with Gasteiger partial charge in [0, 0.05) is 27.2 Å². The molecule has 1 amide bonds. The SMILES string of the molecule is C=CCOP(=O)(OCC=C)O[C@@H]1C(COC)OC[C@H](NC(=O)CCCCCCCCC/C=C\CCCCCC)C1OCCC(CCCCCCC)OC. The van der Waals surface area contributed by atoms with Crippen LogP contribution in [0.3, 0.4) is 0 Å². The number of allylic oxidation sites excluding steroid dienone is 2. The summed E-state index contributed by atoms with van der Waals surface area (Å²) in [6.45, 7) is 12.4. The zero-order chi connectivity index (χ0) is 38.8. The number of amides is 1. The van der Waals surface area contributed by atoms with Crippen molar-refractivity contribution in [2.45, 2.75) is 179 Å². The van der Waals surface area contributed by atoms with Gasteiger partial charge < -0.3 is 24.3 Å². The molecule has 53 heavy (non-hydrogen) atoms. The summed E-state index contributed by atoms with van der Waals surface area (Å²) in [5, 5.41) is 3.14. The highest BCUT2D eigenvalue weighted by atomic mass is 31.2. The summed E-state index contributed by atoms with van der Waals surface area (Å²) in [5.74, 6) is -0.0755. The average molecular weight is 772 g/mol. The lowest BCUT2D eigenvalue weighted by atomic mass is 9.97. The normalized spacial score (nSPS) is 19.8. The van der Waals surface area contributed by atoms with Gasteiger partial charge in [-0.25, -0.2) is 4.57 Å². The first-order valence-electron chi connectivity index (χ1n) is 20.9. The minimum Gasteiger partial charge on any atom is -0.382 e. The number of nitrogens with one attached hydrogen (secondary N) is 1. The van der Waals surface area contributed by atoms with E-state index in [0.717, 1.165) is 32.1 Å². The molecule has 0 aliphatic carbocycles. The van der Waals surface area contributed by atoms with E-state index in [1.807, 2.05) is 0 Å². The highest BCUT2D eigenvalue weighted by Crippen LogP contribution is 2.52. The van der Waals surface area contributed by atoms with Crippen molar-refractivity contribution in [2.24, 2.45) is 0 Å². The molecule has 11 heteroatoms. The fraction of sp³-hybridized carbons (Fsp3) is 0.833. The second kappa shape index (κ2) is 33.9. The first kappa shape index (κ1) is 49.7. The molecule has 1 aliphatic heterocycles. The van der Waals surface area contributed by atoms with Crippen molar-refractivity contribution in [2.75, 3.05) is 47.3 Å². The molecule has 1 N–H and O–H groups in total. The Morgan fingerprint density at radius 3 is 1.94 bits per heavy atom. The number of rotatable bonds is 37. The molecule has 10 nitrogen and oxygen atoms in total. The van der Waals surface area contributed by atoms with Gasteiger partial charge in [-0.1, -0.05) is 122 Å². The third-order valence-corrected chi connectivity index (χ3v) is 11.0. The lowest BCUT2D eigenvalue weighted by molar-refractivity contribution is -0.181. The van der Waals surface area contributed by atoms with Gasteiger partial charge in [-0.15, -0.1) is 13.2 Å². The number of carbonyl (C=O) groups excluding carboxylic acids is 1. The van der Waals surface area contributed by atoms with Gasteiger partial charge in [0.2, 0.25) is 5.91 Å². The lowest BCUT2D eigenvalue weighted by Crippen LogP contribution is -2.61. The summed E-state index contributed by atoms with van der Waals surface area (Å²) in [6, 6.07) is -0.548. The summed E-state index contributed by atoms with van der Waals surface area (Å²) < 4.78 is 54.9. The zero-order valence-electron chi connectivity index (χ0n) is 34.1. The van der Waals surface area contributed by atoms with E-state index in [1.165, 1.54) is 102 Å². The standard InChI is InChI=1S/C42H78NO9P/c1-7-11-13-15-16-17-18-19-20-21-22-23-24-26-28-30-40(44)43-38-35-49-39(36-46-5)42(52-53(45,50-32-9-3)51-33-10-4)41(38)48-34-31-37(47-6)29-27-25-14-12-8-2/h9-10,17-18,37-39,41-42H,3-4,7-8,11-16,19-36H2,1-2,5-6H3,(H,43,44)/b18-17-/t37?,38-,39?,41?,42+/m0/s1. The molecule has 1 rings (SSSR count). The second-order valence-corrected chi connectivity index (χ2v) is 15.8. The largest absolute Gasteiger partial charge is 0.475 e. The Morgan fingerprint density at radius 1 is 0.792 bits per heavy atom. The molecule has 1 saturated heterocycles. The molecular formula is C42H78NO9P. The van der Waals surface area contributed by atoms with Crippen molar-refractivity contribution in [1.82, 2.24) is 5.32 Å². The van der Waals surface area contributed by atoms with Crippen LogP contribution in [-0.2, 0) is 41.9 Å². The van der Waals surface area contributed by atoms with Crippen LogP contribution in [0.4, 0.5) is 0 Å². The molecule has 0 radical (unpaired) electrons. The van der Waals surface area contributed by atoms with Crippen molar-refractivity contribution >= 4 is 13.7 Å². The highest BCUT2D eigenvalue weighted by molar-refractivity contribution is 7.48. The molecule has 1 fully saturated rings. The number of phosphoric acid groups is 1. The third-order valence-electron chi connectivity index (χ3n) is 9.58. The summed E-state index contributed by atoms with van der Waals surface area (Å²) in [7, 11) is -0.816. The average Bonchev–Trinajstić information content (AvgIpc) is 3.15. The van der Waals surface area contributed by atoms with E-state index in [4.69, 9.17) is 32.5 Å². The van der Waals surface area contributed by atoms with Crippen LogP contribution in [0.2, 0.25) is 0 Å². The van der Waals surface area contributed by atoms with Gasteiger partial charge in [-0.3, -0.25) is 18.4 Å². The molecule has 1 heterocycles. The van der Waals surface area contributed by atoms with Crippen molar-refractivity contribution in [1.29, 1.82) is 0 Å². The summed E-state index contributed by atoms with van der Waals surface area (Å²) >= 11 is 0. The van der Waals surface area contributed by atoms with Gasteiger partial charge in [0.25, 0.3) is 0 Å². The van der Waals surface area contributed by atoms with Gasteiger partial charge in [0.15, 0.2) is 0 Å². The molecule has 0 bridgehead atoms. The van der Waals surface area contributed by atoms with E-state index in [2.05, 4.69) is 44.5 Å². The number of methoxy groups -OCH3 is 2. The Bertz CT molecular complexity index is 964. The number of carbonyl (C=O) groups is 1. The fourth-order valence-corrected chi connectivity index (χ4v) is 7.82. The van der Waals surface area contributed by atoms with Crippen molar-refractivity contribution in [3.63, 3.8) is 0 Å². The van der Waals surface area contributed by atoms with Crippen LogP contribution in [0, 0.1) is 0 Å². The topological polar surface area (TPSA) is 111 Å². The van der Waals surface area contributed by atoms with E-state index < -0.39 is 32.2 Å². The van der Waals surface area contributed by atoms with E-state index in [1.54, 1.807) is 14.2 Å². The van der Waals surface area contributed by atoms with E-state index in [9.17, 15) is 9.36 Å². The Kier molecular flexibility index (Phi) is 31.8. The van der Waals surface area contributed by atoms with Crippen LogP contribution in [-0.4, -0.2) is 83.6 Å². The number of phosphoric ester groups is 1. The molecular weight excluding hydrogens is 693 g/mol. The third kappa shape index (κ3) is 24.7. The Balaban J connectivity index is 2.78. The minimum absolute atomic E-state index is 0.0403. The Hall–Kier alpha value is -1.36. The van der Waals surface area contributed by atoms with E-state index >= 15 is 0 Å². The molecule has 0 saturated carbocycles. The van der Waals surface area contributed by atoms with Crippen LogP contribution in [0.1, 0.15) is 149 Å². The Labute approximate surface area is 324 Å². The fourth-order valence-electron chi connectivity index (χ4n) is 6.49. The smallest absolute Gasteiger partial charge is 0.382 e. The van der Waals surface area contributed by atoms with Gasteiger partial charge in [0.05, 0.1) is 38.6 Å². The summed E-state index contributed by atoms with van der Waals surface area (Å²) in [4.78, 5) is 13.3. The predicted molar refractivity (Wildman–Crippen MR) is 216 cm³/mol. The van der Waals surface area contributed by atoms with Gasteiger partial charge in [-0.05, 0) is 44.9 Å². The number of unbranched alkanes of at least 4 members (excludes halogenated alkanes) is 15. The van der Waals surface area contributed by atoms with Gasteiger partial charge in [0.1, 0.15) is 18.3 Å². The molecule has 0 aromatic heterocycles. The molecule has 1 aliphatic rings. The highest BCUT2D eigenvalue weighted by Gasteiger charge is 2.47. The molecule has 3 unspecified atom stereocenters. The maximum Gasteiger partial charge on any atom is 0.475 e. The minimum atomic E-state index is -4.11. The van der Waals surface area contributed by atoms with Crippen LogP contribution in [0.15, 0.2) is 37.5 Å². The van der Waals surface area contributed by atoms with Crippen LogP contribution in [0.5, 0.6) is 0 Å². The molecule has 0 aromatic carbocycles. The molecule has 0 spiro atoms. The lowest BCUT2D eigenvalue weighted by Gasteiger charge is -2.43. The number of hydrogen-bond donors (Lipinski definition) is 1. The number of ether oxygens (including phenoxy) is 4. The van der Waals surface area contributed by atoms with Crippen molar-refractivity contribution in [3.8, 4) is 0 Å². The van der Waals surface area contributed by atoms with Crippen LogP contribution in [0.25, 0.3) is 0 Å². The molecule has 0 aromatic rings. The van der Waals surface area contributed by atoms with Crippen molar-refractivity contribution < 1.29 is 41.9 Å². The maximum absolute atomic E-state index is 13.8. The van der Waals surface area contributed by atoms with E-state index in [0.29, 0.717) is 19.4 Å². The Morgan fingerprint density at radius 2 is 1.36 bits per heavy atom. The van der Waals surface area contributed by atoms with Gasteiger partial charge in [-0.2, -0.15) is 0 Å². The maximum atomic E-state index is 13.8. The first-order chi connectivity index (χ1) is 25.9. The van der Waals surface area contributed by atoms with Crippen LogP contribution >= 0.6 is 7.82 Å². The van der Waals surface area contributed by atoms with E-state index in [-0.39, 0.29) is 38.4 Å².